The predicted molar refractivity (Wildman–Crippen MR) is 109 cm³/mol. The summed E-state index contributed by atoms with van der Waals surface area (Å²) in [6.07, 6.45) is 3.26. The fourth-order valence-corrected chi connectivity index (χ4v) is 2.69. The van der Waals surface area contributed by atoms with Crippen molar-refractivity contribution >= 4 is 17.8 Å². The molecule has 0 bridgehead atoms. The minimum atomic E-state index is -1.32. The van der Waals surface area contributed by atoms with E-state index in [-0.39, 0.29) is 5.78 Å². The van der Waals surface area contributed by atoms with Crippen LogP contribution in [0.1, 0.15) is 47.8 Å². The molecule has 2 aromatic carbocycles. The summed E-state index contributed by atoms with van der Waals surface area (Å²) >= 11 is 0. The fourth-order valence-electron chi connectivity index (χ4n) is 2.69. The van der Waals surface area contributed by atoms with Gasteiger partial charge >= 0.3 is 5.97 Å². The van der Waals surface area contributed by atoms with Crippen LogP contribution in [-0.2, 0) is 4.79 Å². The van der Waals surface area contributed by atoms with Crippen molar-refractivity contribution < 1.29 is 24.2 Å². The van der Waals surface area contributed by atoms with Crippen LogP contribution in [0, 0.1) is 13.8 Å². The Morgan fingerprint density at radius 1 is 1.07 bits per heavy atom. The van der Waals surface area contributed by atoms with Gasteiger partial charge in [0.05, 0.1) is 6.61 Å². The molecule has 0 saturated heterocycles. The number of carbonyl (C=O) groups is 2. The summed E-state index contributed by atoms with van der Waals surface area (Å²) in [5.41, 5.74) is 1.72. The minimum absolute atomic E-state index is 0.106. The normalized spacial score (nSPS) is 11.5. The zero-order chi connectivity index (χ0) is 20.9. The highest BCUT2D eigenvalue weighted by Crippen LogP contribution is 2.29. The van der Waals surface area contributed by atoms with Gasteiger partial charge in [0.15, 0.2) is 11.4 Å². The van der Waals surface area contributed by atoms with Gasteiger partial charge in [0, 0.05) is 5.56 Å². The van der Waals surface area contributed by atoms with E-state index < -0.39 is 11.6 Å². The number of carboxylic acids is 1. The van der Waals surface area contributed by atoms with Gasteiger partial charge in [-0.2, -0.15) is 0 Å². The Morgan fingerprint density at radius 3 is 2.14 bits per heavy atom. The van der Waals surface area contributed by atoms with Crippen molar-refractivity contribution in [2.75, 3.05) is 6.61 Å². The molecule has 2 rings (SSSR count). The molecule has 1 N–H and O–H groups in total. The van der Waals surface area contributed by atoms with Crippen molar-refractivity contribution in [2.45, 2.75) is 40.2 Å². The van der Waals surface area contributed by atoms with Crippen LogP contribution in [0.25, 0.3) is 6.08 Å². The average molecular weight is 382 g/mol. The number of rotatable bonds is 8. The molecule has 0 aliphatic heterocycles. The molecule has 0 unspecified atom stereocenters. The first-order valence-electron chi connectivity index (χ1n) is 9.13. The summed E-state index contributed by atoms with van der Waals surface area (Å²) in [5.74, 6) is 0.137. The summed E-state index contributed by atoms with van der Waals surface area (Å²) < 4.78 is 11.1. The third-order valence-corrected chi connectivity index (χ3v) is 4.23. The second-order valence-electron chi connectivity index (χ2n) is 7.06. The Balaban J connectivity index is 2.18. The fraction of sp³-hybridized carbons (Fsp3) is 0.304. The standard InChI is InChI=1S/C23H26O5/c1-6-27-19-10-8-18(9-11-19)20(24)12-7-17-13-15(2)21(16(3)14-17)28-23(4,5)22(25)26/h7-14H,6H2,1-5H3,(H,25,26)/b12-7+. The number of aryl methyl sites for hydroxylation is 2. The summed E-state index contributed by atoms with van der Waals surface area (Å²) in [6.45, 7) is 9.22. The highest BCUT2D eigenvalue weighted by atomic mass is 16.5. The number of allylic oxidation sites excluding steroid dienone is 1. The molecule has 28 heavy (non-hydrogen) atoms. The lowest BCUT2D eigenvalue weighted by Gasteiger charge is -2.24. The van der Waals surface area contributed by atoms with Crippen LogP contribution in [0.5, 0.6) is 11.5 Å². The van der Waals surface area contributed by atoms with E-state index >= 15 is 0 Å². The van der Waals surface area contributed by atoms with Gasteiger partial charge in [-0.25, -0.2) is 4.79 Å². The second kappa shape index (κ2) is 8.74. The number of ether oxygens (including phenoxy) is 2. The molecule has 5 nitrogen and oxygen atoms in total. The Bertz CT molecular complexity index is 869. The minimum Gasteiger partial charge on any atom is -0.494 e. The molecule has 0 radical (unpaired) electrons. The first-order chi connectivity index (χ1) is 13.1. The smallest absolute Gasteiger partial charge is 0.347 e. The largest absolute Gasteiger partial charge is 0.494 e. The van der Waals surface area contributed by atoms with E-state index in [9.17, 15) is 14.7 Å². The van der Waals surface area contributed by atoms with Crippen LogP contribution < -0.4 is 9.47 Å². The van der Waals surface area contributed by atoms with Gasteiger partial charge in [0.25, 0.3) is 0 Å². The predicted octanol–water partition coefficient (Wildman–Crippen LogP) is 4.84. The number of benzene rings is 2. The van der Waals surface area contributed by atoms with E-state index in [0.29, 0.717) is 17.9 Å². The molecule has 2 aromatic rings. The number of ketones is 1. The molecule has 0 saturated carbocycles. The zero-order valence-electron chi connectivity index (χ0n) is 16.9. The lowest BCUT2D eigenvalue weighted by Crippen LogP contribution is -2.38. The van der Waals surface area contributed by atoms with Crippen molar-refractivity contribution in [1.29, 1.82) is 0 Å². The quantitative estimate of drug-likeness (QED) is 0.522. The molecule has 148 valence electrons. The molecule has 0 atom stereocenters. The Labute approximate surface area is 165 Å². The van der Waals surface area contributed by atoms with Crippen LogP contribution in [0.3, 0.4) is 0 Å². The molecule has 0 spiro atoms. The van der Waals surface area contributed by atoms with Gasteiger partial charge in [-0.05, 0) is 93.8 Å². The third-order valence-electron chi connectivity index (χ3n) is 4.23. The first kappa shape index (κ1) is 21.2. The molecule has 0 amide bonds. The van der Waals surface area contributed by atoms with Gasteiger partial charge in [-0.3, -0.25) is 4.79 Å². The molecular weight excluding hydrogens is 356 g/mol. The number of aliphatic carboxylic acids is 1. The van der Waals surface area contributed by atoms with Gasteiger partial charge in [-0.1, -0.05) is 6.08 Å². The van der Waals surface area contributed by atoms with E-state index in [1.165, 1.54) is 19.9 Å². The summed E-state index contributed by atoms with van der Waals surface area (Å²) in [7, 11) is 0. The number of hydrogen-bond donors (Lipinski definition) is 1. The van der Waals surface area contributed by atoms with Gasteiger partial charge in [-0.15, -0.1) is 0 Å². The van der Waals surface area contributed by atoms with Crippen LogP contribution in [0.2, 0.25) is 0 Å². The van der Waals surface area contributed by atoms with Crippen LogP contribution in [0.4, 0.5) is 0 Å². The van der Waals surface area contributed by atoms with E-state index in [4.69, 9.17) is 9.47 Å². The van der Waals surface area contributed by atoms with Crippen LogP contribution in [-0.4, -0.2) is 29.1 Å². The highest BCUT2D eigenvalue weighted by Gasteiger charge is 2.30. The van der Waals surface area contributed by atoms with E-state index in [1.54, 1.807) is 30.3 Å². The topological polar surface area (TPSA) is 72.8 Å². The Morgan fingerprint density at radius 2 is 1.64 bits per heavy atom. The highest BCUT2D eigenvalue weighted by molar-refractivity contribution is 6.06. The SMILES string of the molecule is CCOc1ccc(C(=O)/C=C/c2cc(C)c(OC(C)(C)C(=O)O)c(C)c2)cc1. The zero-order valence-corrected chi connectivity index (χ0v) is 16.9. The first-order valence-corrected chi connectivity index (χ1v) is 9.13. The molecular formula is C23H26O5. The Hall–Kier alpha value is -3.08. The molecule has 0 aliphatic rings. The number of carbonyl (C=O) groups excluding carboxylic acids is 1. The lowest BCUT2D eigenvalue weighted by molar-refractivity contribution is -0.152. The van der Waals surface area contributed by atoms with Gasteiger partial charge in [0.2, 0.25) is 0 Å². The lowest BCUT2D eigenvalue weighted by atomic mass is 10.0. The molecule has 5 heteroatoms. The van der Waals surface area contributed by atoms with Crippen LogP contribution >= 0.6 is 0 Å². The van der Waals surface area contributed by atoms with Gasteiger partial charge < -0.3 is 14.6 Å². The van der Waals surface area contributed by atoms with Crippen molar-refractivity contribution in [1.82, 2.24) is 0 Å². The summed E-state index contributed by atoms with van der Waals surface area (Å²) in [4.78, 5) is 23.7. The molecule has 0 aromatic heterocycles. The number of carboxylic acid groups (broad SMARTS) is 1. The van der Waals surface area contributed by atoms with E-state index in [1.807, 2.05) is 32.9 Å². The number of hydrogen-bond acceptors (Lipinski definition) is 4. The molecule has 0 fully saturated rings. The van der Waals surface area contributed by atoms with Crippen LogP contribution in [0.15, 0.2) is 42.5 Å². The second-order valence-corrected chi connectivity index (χ2v) is 7.06. The van der Waals surface area contributed by atoms with Gasteiger partial charge in [0.1, 0.15) is 11.5 Å². The molecule has 0 aliphatic carbocycles. The maximum absolute atomic E-state index is 12.4. The van der Waals surface area contributed by atoms with Crippen molar-refractivity contribution in [3.63, 3.8) is 0 Å². The van der Waals surface area contributed by atoms with E-state index in [2.05, 4.69) is 0 Å². The van der Waals surface area contributed by atoms with Crippen molar-refractivity contribution in [3.8, 4) is 11.5 Å². The third kappa shape index (κ3) is 5.22. The van der Waals surface area contributed by atoms with Crippen molar-refractivity contribution in [2.24, 2.45) is 0 Å². The van der Waals surface area contributed by atoms with E-state index in [0.717, 1.165) is 22.4 Å². The average Bonchev–Trinajstić information content (AvgIpc) is 2.63. The molecule has 0 heterocycles. The monoisotopic (exact) mass is 382 g/mol. The summed E-state index contributed by atoms with van der Waals surface area (Å²) in [6, 6.07) is 10.7. The maximum atomic E-state index is 12.4. The summed E-state index contributed by atoms with van der Waals surface area (Å²) in [5, 5.41) is 9.26. The Kier molecular flexibility index (Phi) is 6.62. The van der Waals surface area contributed by atoms with Crippen molar-refractivity contribution in [3.05, 3.63) is 64.7 Å². The maximum Gasteiger partial charge on any atom is 0.347 e.